The Hall–Kier alpha value is -0.990. The number of ether oxygens (including phenoxy) is 1. The molecule has 0 aliphatic heterocycles. The van der Waals surface area contributed by atoms with E-state index in [-0.39, 0.29) is 6.10 Å². The Morgan fingerprint density at radius 2 is 1.92 bits per heavy atom. The van der Waals surface area contributed by atoms with Gasteiger partial charge in [0.15, 0.2) is 0 Å². The molecule has 12 heavy (non-hydrogen) atoms. The number of rotatable bonds is 3. The highest BCUT2D eigenvalue weighted by atomic mass is 16.6. The molecule has 0 unspecified atom stereocenters. The van der Waals surface area contributed by atoms with E-state index in [1.165, 1.54) is 0 Å². The molecule has 0 saturated carbocycles. The minimum Gasteiger partial charge on any atom is -0.442 e. The van der Waals surface area contributed by atoms with Gasteiger partial charge in [0, 0.05) is 0 Å². The molecule has 0 fully saturated rings. The normalized spacial score (nSPS) is 14.6. The number of carbonyl (C=O) groups is 1. The second kappa shape index (κ2) is 4.80. The Bertz CT molecular complexity index is 185. The van der Waals surface area contributed by atoms with Gasteiger partial charge in [-0.2, -0.15) is 0 Å². The molecular formula is C9H17NO2. The highest BCUT2D eigenvalue weighted by molar-refractivity contribution is 5.65. The minimum atomic E-state index is -0.723. The van der Waals surface area contributed by atoms with Crippen LogP contribution in [-0.4, -0.2) is 12.2 Å². The molecule has 0 aliphatic rings. The molecule has 0 aromatic carbocycles. The van der Waals surface area contributed by atoms with Gasteiger partial charge in [-0.25, -0.2) is 4.79 Å². The Balaban J connectivity index is 4.09. The Kier molecular flexibility index (Phi) is 4.40. The van der Waals surface area contributed by atoms with Crippen LogP contribution in [0.15, 0.2) is 11.6 Å². The lowest BCUT2D eigenvalue weighted by molar-refractivity contribution is 0.132. The zero-order chi connectivity index (χ0) is 9.72. The third kappa shape index (κ3) is 4.77. The van der Waals surface area contributed by atoms with E-state index in [1.807, 2.05) is 13.0 Å². The number of primary amides is 1. The molecule has 0 rings (SSSR count). The van der Waals surface area contributed by atoms with Crippen molar-refractivity contribution >= 4 is 6.09 Å². The van der Waals surface area contributed by atoms with E-state index in [0.717, 1.165) is 5.57 Å². The minimum absolute atomic E-state index is 0.218. The molecule has 0 saturated heterocycles. The zero-order valence-corrected chi connectivity index (χ0v) is 8.13. The fraction of sp³-hybridized carbons (Fsp3) is 0.667. The first-order valence-electron chi connectivity index (χ1n) is 4.08. The topological polar surface area (TPSA) is 52.3 Å². The molecule has 1 amide bonds. The fourth-order valence-corrected chi connectivity index (χ4v) is 0.928. The van der Waals surface area contributed by atoms with E-state index < -0.39 is 6.09 Å². The summed E-state index contributed by atoms with van der Waals surface area (Å²) in [4.78, 5) is 10.4. The molecule has 0 radical (unpaired) electrons. The molecule has 3 heteroatoms. The molecule has 70 valence electrons. The number of hydrogen-bond donors (Lipinski definition) is 1. The van der Waals surface area contributed by atoms with Gasteiger partial charge in [-0.3, -0.25) is 0 Å². The summed E-state index contributed by atoms with van der Waals surface area (Å²) in [5.41, 5.74) is 5.90. The summed E-state index contributed by atoms with van der Waals surface area (Å²) in [7, 11) is 0. The number of hydrogen-bond acceptors (Lipinski definition) is 2. The molecular weight excluding hydrogens is 154 g/mol. The van der Waals surface area contributed by atoms with Gasteiger partial charge in [0.2, 0.25) is 0 Å². The van der Waals surface area contributed by atoms with Gasteiger partial charge < -0.3 is 10.5 Å². The second-order valence-corrected chi connectivity index (χ2v) is 3.23. The summed E-state index contributed by atoms with van der Waals surface area (Å²) in [6.45, 7) is 7.87. The van der Waals surface area contributed by atoms with Crippen LogP contribution in [-0.2, 0) is 4.74 Å². The summed E-state index contributed by atoms with van der Waals surface area (Å²) in [5, 5.41) is 0. The number of nitrogens with two attached hydrogens (primary N) is 1. The first-order valence-corrected chi connectivity index (χ1v) is 4.08. The fourth-order valence-electron chi connectivity index (χ4n) is 0.928. The van der Waals surface area contributed by atoms with Crippen molar-refractivity contribution in [1.82, 2.24) is 0 Å². The third-order valence-electron chi connectivity index (χ3n) is 1.53. The van der Waals surface area contributed by atoms with Gasteiger partial charge >= 0.3 is 6.09 Å². The third-order valence-corrected chi connectivity index (χ3v) is 1.53. The van der Waals surface area contributed by atoms with Crippen molar-refractivity contribution in [2.45, 2.75) is 33.8 Å². The van der Waals surface area contributed by atoms with Gasteiger partial charge in [0.1, 0.15) is 6.10 Å². The monoisotopic (exact) mass is 171 g/mol. The lowest BCUT2D eigenvalue weighted by Crippen LogP contribution is -2.21. The van der Waals surface area contributed by atoms with Crippen molar-refractivity contribution in [2.75, 3.05) is 0 Å². The first-order chi connectivity index (χ1) is 5.43. The molecule has 0 aromatic rings. The molecule has 0 bridgehead atoms. The van der Waals surface area contributed by atoms with Crippen LogP contribution in [0.5, 0.6) is 0 Å². The lowest BCUT2D eigenvalue weighted by Gasteiger charge is -2.12. The van der Waals surface area contributed by atoms with Crippen molar-refractivity contribution in [3.63, 3.8) is 0 Å². The molecule has 0 aliphatic carbocycles. The number of amides is 1. The molecule has 3 nitrogen and oxygen atoms in total. The first kappa shape index (κ1) is 11.0. The summed E-state index contributed by atoms with van der Waals surface area (Å²) in [6.07, 6.45) is 1.11. The smallest absolute Gasteiger partial charge is 0.405 e. The Morgan fingerprint density at radius 3 is 2.25 bits per heavy atom. The van der Waals surface area contributed by atoms with Gasteiger partial charge in [-0.05, 0) is 25.3 Å². The van der Waals surface area contributed by atoms with E-state index in [9.17, 15) is 4.79 Å². The van der Waals surface area contributed by atoms with Crippen molar-refractivity contribution in [3.05, 3.63) is 11.6 Å². The zero-order valence-electron chi connectivity index (χ0n) is 8.13. The molecule has 0 spiro atoms. The van der Waals surface area contributed by atoms with E-state index >= 15 is 0 Å². The van der Waals surface area contributed by atoms with Crippen LogP contribution in [0.25, 0.3) is 0 Å². The molecule has 0 heterocycles. The van der Waals surface area contributed by atoms with Gasteiger partial charge in [0.05, 0.1) is 0 Å². The van der Waals surface area contributed by atoms with E-state index in [1.54, 1.807) is 6.92 Å². The highest BCUT2D eigenvalue weighted by Gasteiger charge is 2.07. The Labute approximate surface area is 73.6 Å². The number of allylic oxidation sites excluding steroid dienone is 1. The van der Waals surface area contributed by atoms with Gasteiger partial charge in [-0.1, -0.05) is 19.9 Å². The maximum atomic E-state index is 10.4. The Morgan fingerprint density at radius 1 is 1.42 bits per heavy atom. The van der Waals surface area contributed by atoms with Crippen LogP contribution in [0.1, 0.15) is 27.7 Å². The molecule has 0 aromatic heterocycles. The van der Waals surface area contributed by atoms with Crippen molar-refractivity contribution in [3.8, 4) is 0 Å². The largest absolute Gasteiger partial charge is 0.442 e. The van der Waals surface area contributed by atoms with E-state index in [2.05, 4.69) is 13.8 Å². The summed E-state index contributed by atoms with van der Waals surface area (Å²) in [5.74, 6) is 0.462. The van der Waals surface area contributed by atoms with E-state index in [0.29, 0.717) is 5.92 Å². The van der Waals surface area contributed by atoms with Gasteiger partial charge in [0.25, 0.3) is 0 Å². The average Bonchev–Trinajstić information content (AvgIpc) is 1.84. The van der Waals surface area contributed by atoms with Crippen LogP contribution < -0.4 is 5.73 Å². The maximum Gasteiger partial charge on any atom is 0.405 e. The number of carbonyl (C=O) groups excluding carboxylic acids is 1. The van der Waals surface area contributed by atoms with Crippen LogP contribution in [0.2, 0.25) is 0 Å². The van der Waals surface area contributed by atoms with Crippen LogP contribution in [0.3, 0.4) is 0 Å². The van der Waals surface area contributed by atoms with Crippen molar-refractivity contribution in [2.24, 2.45) is 11.7 Å². The standard InChI is InChI=1S/C9H17NO2/c1-6(2)5-7(3)8(4)12-9(10)11/h5-6,8H,1-4H3,(H2,10,11)/b7-5+/t8-/m1/s1. The quantitative estimate of drug-likeness (QED) is 0.661. The van der Waals surface area contributed by atoms with Crippen molar-refractivity contribution in [1.29, 1.82) is 0 Å². The van der Waals surface area contributed by atoms with E-state index in [4.69, 9.17) is 10.5 Å². The summed E-state index contributed by atoms with van der Waals surface area (Å²) >= 11 is 0. The SMILES string of the molecule is C/C(=C\C(C)C)[C@@H](C)OC(N)=O. The second-order valence-electron chi connectivity index (χ2n) is 3.23. The molecule has 2 N–H and O–H groups in total. The van der Waals surface area contributed by atoms with Gasteiger partial charge in [-0.15, -0.1) is 0 Å². The maximum absolute atomic E-state index is 10.4. The highest BCUT2D eigenvalue weighted by Crippen LogP contribution is 2.08. The lowest BCUT2D eigenvalue weighted by atomic mass is 10.1. The van der Waals surface area contributed by atoms with Crippen LogP contribution >= 0.6 is 0 Å². The predicted octanol–water partition coefficient (Wildman–Crippen LogP) is 2.07. The van der Waals surface area contributed by atoms with Crippen molar-refractivity contribution < 1.29 is 9.53 Å². The van der Waals surface area contributed by atoms with Crippen LogP contribution in [0.4, 0.5) is 4.79 Å². The summed E-state index contributed by atoms with van der Waals surface area (Å²) in [6, 6.07) is 0. The average molecular weight is 171 g/mol. The summed E-state index contributed by atoms with van der Waals surface area (Å²) < 4.78 is 4.78. The molecule has 1 atom stereocenters. The predicted molar refractivity (Wildman–Crippen MR) is 48.7 cm³/mol. The van der Waals surface area contributed by atoms with Crippen LogP contribution in [0, 0.1) is 5.92 Å².